The molecule has 1 aromatic carbocycles. The number of carbonyl (C=O) groups excluding carboxylic acids is 1. The maximum Gasteiger partial charge on any atom is 0.327 e. The average molecular weight is 261 g/mol. The van der Waals surface area contributed by atoms with Gasteiger partial charge in [0.1, 0.15) is 6.04 Å². The molecule has 3 nitrogen and oxygen atoms in total. The molecule has 1 fully saturated rings. The van der Waals surface area contributed by atoms with Gasteiger partial charge in [0.2, 0.25) is 0 Å². The van der Waals surface area contributed by atoms with Crippen molar-refractivity contribution < 1.29 is 9.53 Å². The molecule has 104 valence electrons. The van der Waals surface area contributed by atoms with E-state index in [0.29, 0.717) is 6.61 Å². The minimum absolute atomic E-state index is 0.133. The van der Waals surface area contributed by atoms with Crippen LogP contribution in [0.15, 0.2) is 30.3 Å². The van der Waals surface area contributed by atoms with Gasteiger partial charge in [0.25, 0.3) is 0 Å². The molecule has 3 heteroatoms. The largest absolute Gasteiger partial charge is 0.465 e. The first-order valence-electron chi connectivity index (χ1n) is 6.99. The lowest BCUT2D eigenvalue weighted by atomic mass is 9.93. The fourth-order valence-electron chi connectivity index (χ4n) is 2.73. The number of hydrogen-bond acceptors (Lipinski definition) is 3. The van der Waals surface area contributed by atoms with Crippen molar-refractivity contribution in [3.8, 4) is 0 Å². The van der Waals surface area contributed by atoms with E-state index in [4.69, 9.17) is 4.74 Å². The molecule has 19 heavy (non-hydrogen) atoms. The summed E-state index contributed by atoms with van der Waals surface area (Å²) in [5, 5.41) is 0. The van der Waals surface area contributed by atoms with Crippen LogP contribution in [0.4, 0.5) is 0 Å². The molecular weight excluding hydrogens is 238 g/mol. The third-order valence-corrected chi connectivity index (χ3v) is 3.70. The molecular formula is C16H23NO2. The molecule has 0 amide bonds. The smallest absolute Gasteiger partial charge is 0.327 e. The summed E-state index contributed by atoms with van der Waals surface area (Å²) in [4.78, 5) is 14.5. The zero-order chi connectivity index (χ0) is 13.9. The van der Waals surface area contributed by atoms with Crippen LogP contribution in [0.2, 0.25) is 0 Å². The van der Waals surface area contributed by atoms with Crippen LogP contribution in [-0.2, 0) is 9.53 Å². The lowest BCUT2D eigenvalue weighted by Crippen LogP contribution is -2.34. The molecule has 0 N–H and O–H groups in total. The number of esters is 1. The van der Waals surface area contributed by atoms with Crippen LogP contribution in [0.3, 0.4) is 0 Å². The third kappa shape index (κ3) is 3.35. The van der Waals surface area contributed by atoms with Crippen LogP contribution in [0.1, 0.15) is 38.8 Å². The van der Waals surface area contributed by atoms with E-state index in [0.717, 1.165) is 25.1 Å². The second-order valence-corrected chi connectivity index (χ2v) is 5.95. The molecule has 2 rings (SSSR count). The predicted molar refractivity (Wildman–Crippen MR) is 75.8 cm³/mol. The number of likely N-dealkylation sites (tertiary alicyclic amines) is 1. The van der Waals surface area contributed by atoms with Gasteiger partial charge in [-0.25, -0.2) is 4.79 Å². The summed E-state index contributed by atoms with van der Waals surface area (Å²) in [6, 6.07) is 9.67. The second-order valence-electron chi connectivity index (χ2n) is 5.95. The number of ether oxygens (including phenoxy) is 1. The van der Waals surface area contributed by atoms with Gasteiger partial charge in [-0.05, 0) is 30.9 Å². The van der Waals surface area contributed by atoms with Crippen molar-refractivity contribution in [1.82, 2.24) is 4.90 Å². The fourth-order valence-corrected chi connectivity index (χ4v) is 2.73. The topological polar surface area (TPSA) is 29.5 Å². The summed E-state index contributed by atoms with van der Waals surface area (Å²) in [5.41, 5.74) is 1.30. The van der Waals surface area contributed by atoms with Crippen molar-refractivity contribution in [2.24, 2.45) is 5.41 Å². The van der Waals surface area contributed by atoms with E-state index in [1.54, 1.807) is 0 Å². The van der Waals surface area contributed by atoms with Crippen LogP contribution < -0.4 is 0 Å². The van der Waals surface area contributed by atoms with E-state index >= 15 is 0 Å². The zero-order valence-electron chi connectivity index (χ0n) is 12.1. The van der Waals surface area contributed by atoms with Crippen LogP contribution in [-0.4, -0.2) is 30.6 Å². The molecule has 0 saturated carbocycles. The summed E-state index contributed by atoms with van der Waals surface area (Å²) in [7, 11) is 0. The monoisotopic (exact) mass is 261 g/mol. The van der Waals surface area contributed by atoms with Gasteiger partial charge >= 0.3 is 5.97 Å². The average Bonchev–Trinajstić information content (AvgIpc) is 2.71. The Balaban J connectivity index is 2.23. The first-order chi connectivity index (χ1) is 9.03. The summed E-state index contributed by atoms with van der Waals surface area (Å²) >= 11 is 0. The number of hydrogen-bond donors (Lipinski definition) is 0. The Labute approximate surface area is 115 Å². The molecule has 1 aliphatic rings. The van der Waals surface area contributed by atoms with E-state index < -0.39 is 0 Å². The maximum absolute atomic E-state index is 12.3. The molecule has 1 unspecified atom stereocenters. The van der Waals surface area contributed by atoms with Crippen molar-refractivity contribution in [2.45, 2.75) is 33.2 Å². The highest BCUT2D eigenvalue weighted by Gasteiger charge is 2.37. The minimum atomic E-state index is -0.261. The quantitative estimate of drug-likeness (QED) is 0.780. The van der Waals surface area contributed by atoms with Gasteiger partial charge < -0.3 is 4.74 Å². The second kappa shape index (κ2) is 5.74. The van der Waals surface area contributed by atoms with Gasteiger partial charge in [0.15, 0.2) is 0 Å². The van der Waals surface area contributed by atoms with Crippen LogP contribution in [0.5, 0.6) is 0 Å². The zero-order valence-corrected chi connectivity index (χ0v) is 12.1. The Morgan fingerprint density at radius 2 is 2.05 bits per heavy atom. The first kappa shape index (κ1) is 14.1. The van der Waals surface area contributed by atoms with E-state index in [2.05, 4.69) is 18.7 Å². The van der Waals surface area contributed by atoms with Gasteiger partial charge in [0.05, 0.1) is 6.61 Å². The molecule has 1 atom stereocenters. The van der Waals surface area contributed by atoms with E-state index in [1.165, 1.54) is 0 Å². The Morgan fingerprint density at radius 3 is 2.58 bits per heavy atom. The molecule has 1 aliphatic heterocycles. The molecule has 0 radical (unpaired) electrons. The van der Waals surface area contributed by atoms with E-state index in [9.17, 15) is 4.79 Å². The van der Waals surface area contributed by atoms with Gasteiger partial charge in [-0.15, -0.1) is 0 Å². The number of benzene rings is 1. The van der Waals surface area contributed by atoms with E-state index in [-0.39, 0.29) is 17.4 Å². The lowest BCUT2D eigenvalue weighted by Gasteiger charge is -2.27. The van der Waals surface area contributed by atoms with Crippen LogP contribution in [0.25, 0.3) is 0 Å². The van der Waals surface area contributed by atoms with Crippen molar-refractivity contribution in [3.05, 3.63) is 35.9 Å². The summed E-state index contributed by atoms with van der Waals surface area (Å²) < 4.78 is 5.26. The highest BCUT2D eigenvalue weighted by molar-refractivity contribution is 5.77. The van der Waals surface area contributed by atoms with Gasteiger partial charge in [-0.2, -0.15) is 0 Å². The molecule has 1 saturated heterocycles. The Hall–Kier alpha value is -1.35. The summed E-state index contributed by atoms with van der Waals surface area (Å²) in [6.07, 6.45) is 1.12. The third-order valence-electron chi connectivity index (χ3n) is 3.70. The fraction of sp³-hybridized carbons (Fsp3) is 0.562. The van der Waals surface area contributed by atoms with Crippen molar-refractivity contribution >= 4 is 5.97 Å². The maximum atomic E-state index is 12.3. The SMILES string of the molecule is CCOC(=O)C(c1ccccc1)N1CCC(C)(C)C1. The molecule has 0 spiro atoms. The van der Waals surface area contributed by atoms with Gasteiger partial charge in [0, 0.05) is 6.54 Å². The molecule has 0 aromatic heterocycles. The molecule has 1 aromatic rings. The predicted octanol–water partition coefficient (Wildman–Crippen LogP) is 3.02. The highest BCUT2D eigenvalue weighted by Crippen LogP contribution is 2.35. The molecule has 1 heterocycles. The molecule has 0 bridgehead atoms. The highest BCUT2D eigenvalue weighted by atomic mass is 16.5. The summed E-state index contributed by atoms with van der Waals surface area (Å²) in [6.45, 7) is 8.67. The van der Waals surface area contributed by atoms with Gasteiger partial charge in [-0.3, -0.25) is 4.90 Å². The Bertz CT molecular complexity index is 428. The Kier molecular flexibility index (Phi) is 4.25. The van der Waals surface area contributed by atoms with Crippen LogP contribution >= 0.6 is 0 Å². The number of nitrogens with zero attached hydrogens (tertiary/aromatic N) is 1. The number of rotatable bonds is 4. The summed E-state index contributed by atoms with van der Waals surface area (Å²) in [5.74, 6) is -0.133. The minimum Gasteiger partial charge on any atom is -0.465 e. The Morgan fingerprint density at radius 1 is 1.37 bits per heavy atom. The lowest BCUT2D eigenvalue weighted by molar-refractivity contribution is -0.149. The molecule has 0 aliphatic carbocycles. The van der Waals surface area contributed by atoms with Crippen LogP contribution in [0, 0.1) is 5.41 Å². The standard InChI is InChI=1S/C16H23NO2/c1-4-19-15(18)14(13-8-6-5-7-9-13)17-11-10-16(2,3)12-17/h5-9,14H,4,10-12H2,1-3H3. The van der Waals surface area contributed by atoms with Crippen molar-refractivity contribution in [3.63, 3.8) is 0 Å². The van der Waals surface area contributed by atoms with Gasteiger partial charge in [-0.1, -0.05) is 44.2 Å². The first-order valence-corrected chi connectivity index (χ1v) is 6.99. The van der Waals surface area contributed by atoms with E-state index in [1.807, 2.05) is 37.3 Å². The van der Waals surface area contributed by atoms with Crippen molar-refractivity contribution in [1.29, 1.82) is 0 Å². The number of carbonyl (C=O) groups is 1. The van der Waals surface area contributed by atoms with Crippen molar-refractivity contribution in [2.75, 3.05) is 19.7 Å². The normalized spacial score (nSPS) is 20.2.